The van der Waals surface area contributed by atoms with E-state index in [9.17, 15) is 9.18 Å². The summed E-state index contributed by atoms with van der Waals surface area (Å²) in [6.07, 6.45) is 6.55. The van der Waals surface area contributed by atoms with Crippen LogP contribution < -0.4 is 4.90 Å². The maximum absolute atomic E-state index is 13.2. The van der Waals surface area contributed by atoms with Gasteiger partial charge >= 0.3 is 0 Å². The van der Waals surface area contributed by atoms with Gasteiger partial charge in [0.2, 0.25) is 5.91 Å². The summed E-state index contributed by atoms with van der Waals surface area (Å²) in [7, 11) is 0. The van der Waals surface area contributed by atoms with Gasteiger partial charge in [0.1, 0.15) is 5.82 Å². The number of amides is 1. The first-order valence-electron chi connectivity index (χ1n) is 10.2. The van der Waals surface area contributed by atoms with E-state index in [0.29, 0.717) is 28.9 Å². The number of hydrogen-bond donors (Lipinski definition) is 0. The Kier molecular flexibility index (Phi) is 9.14. The standard InChI is InChI=1S/C23H22ClFN4OS2.ClH/c1-16-3-8-19(24)22-21(16)27-23(32-22)29(12-2-11-28-13-10-26-15-28)20(30)9-14-31-18-6-4-17(25)5-7-18;/h3-8,10,13,15H,2,9,11-12,14H2,1H3;1H. The van der Waals surface area contributed by atoms with Crippen LogP contribution in [0, 0.1) is 12.7 Å². The highest BCUT2D eigenvalue weighted by Gasteiger charge is 2.21. The molecule has 4 aromatic rings. The third-order valence-electron chi connectivity index (χ3n) is 4.97. The van der Waals surface area contributed by atoms with E-state index >= 15 is 0 Å². The van der Waals surface area contributed by atoms with E-state index in [1.165, 1.54) is 35.2 Å². The van der Waals surface area contributed by atoms with E-state index in [4.69, 9.17) is 16.6 Å². The van der Waals surface area contributed by atoms with E-state index < -0.39 is 0 Å². The summed E-state index contributed by atoms with van der Waals surface area (Å²) in [4.78, 5) is 24.7. The van der Waals surface area contributed by atoms with Crippen molar-refractivity contribution in [2.75, 3.05) is 17.2 Å². The average Bonchev–Trinajstić information content (AvgIpc) is 3.46. The number of thiazole rings is 1. The molecule has 1 amide bonds. The average molecular weight is 526 g/mol. The Bertz CT molecular complexity index is 1160. The molecule has 10 heteroatoms. The van der Waals surface area contributed by atoms with Gasteiger partial charge in [-0.25, -0.2) is 14.4 Å². The number of carbonyl (C=O) groups is 1. The first-order chi connectivity index (χ1) is 15.5. The molecule has 0 saturated heterocycles. The van der Waals surface area contributed by atoms with Crippen molar-refractivity contribution >= 4 is 68.4 Å². The maximum atomic E-state index is 13.2. The number of anilines is 1. The van der Waals surface area contributed by atoms with Crippen LogP contribution in [0.25, 0.3) is 10.2 Å². The van der Waals surface area contributed by atoms with Crippen LogP contribution in [0.5, 0.6) is 0 Å². The Morgan fingerprint density at radius 2 is 2.03 bits per heavy atom. The number of rotatable bonds is 9. The molecule has 0 atom stereocenters. The number of imidazole rings is 1. The summed E-state index contributed by atoms with van der Waals surface area (Å²) in [5.41, 5.74) is 1.87. The number of hydrogen-bond acceptors (Lipinski definition) is 5. The molecule has 2 heterocycles. The SMILES string of the molecule is Cc1ccc(Cl)c2sc(N(CCCn3ccnc3)C(=O)CCSc3ccc(F)cc3)nc12.Cl. The molecule has 0 fully saturated rings. The van der Waals surface area contributed by atoms with Crippen LogP contribution in [0.3, 0.4) is 0 Å². The third kappa shape index (κ3) is 6.47. The highest BCUT2D eigenvalue weighted by Crippen LogP contribution is 2.36. The monoisotopic (exact) mass is 524 g/mol. The van der Waals surface area contributed by atoms with Gasteiger partial charge in [0, 0.05) is 42.6 Å². The molecule has 4 rings (SSSR count). The summed E-state index contributed by atoms with van der Waals surface area (Å²) >= 11 is 9.37. The Balaban J connectivity index is 0.00000306. The topological polar surface area (TPSA) is 51.0 Å². The lowest BCUT2D eigenvalue weighted by Crippen LogP contribution is -2.32. The minimum Gasteiger partial charge on any atom is -0.337 e. The highest BCUT2D eigenvalue weighted by molar-refractivity contribution is 7.99. The molecule has 0 aliphatic rings. The number of benzene rings is 2. The molecule has 0 radical (unpaired) electrons. The van der Waals surface area contributed by atoms with Gasteiger partial charge in [-0.1, -0.05) is 29.0 Å². The number of fused-ring (bicyclic) bond motifs is 1. The Hall–Kier alpha value is -2.13. The summed E-state index contributed by atoms with van der Waals surface area (Å²) in [6.45, 7) is 3.31. The van der Waals surface area contributed by atoms with Gasteiger partial charge in [-0.3, -0.25) is 9.69 Å². The first kappa shape index (κ1) is 25.5. The first-order valence-corrected chi connectivity index (χ1v) is 12.4. The number of aromatic nitrogens is 3. The van der Waals surface area contributed by atoms with Crippen LogP contribution >= 0.6 is 47.1 Å². The Labute approximate surface area is 211 Å². The smallest absolute Gasteiger partial charge is 0.229 e. The molecular weight excluding hydrogens is 502 g/mol. The fourth-order valence-corrected chi connectivity index (χ4v) is 5.49. The van der Waals surface area contributed by atoms with Crippen LogP contribution in [0.4, 0.5) is 9.52 Å². The van der Waals surface area contributed by atoms with Crippen molar-refractivity contribution in [2.45, 2.75) is 31.2 Å². The van der Waals surface area contributed by atoms with Crippen LogP contribution in [0.1, 0.15) is 18.4 Å². The van der Waals surface area contributed by atoms with Gasteiger partial charge in [0.15, 0.2) is 5.13 Å². The minimum absolute atomic E-state index is 0. The van der Waals surface area contributed by atoms with E-state index in [0.717, 1.165) is 33.6 Å². The predicted molar refractivity (Wildman–Crippen MR) is 138 cm³/mol. The zero-order valence-corrected chi connectivity index (χ0v) is 21.1. The second kappa shape index (κ2) is 11.8. The van der Waals surface area contributed by atoms with Crippen molar-refractivity contribution in [3.63, 3.8) is 0 Å². The van der Waals surface area contributed by atoms with Gasteiger partial charge in [-0.05, 0) is 49.2 Å². The molecule has 0 N–H and O–H groups in total. The molecule has 0 unspecified atom stereocenters. The van der Waals surface area contributed by atoms with Crippen molar-refractivity contribution in [3.8, 4) is 0 Å². The Morgan fingerprint density at radius 1 is 1.24 bits per heavy atom. The van der Waals surface area contributed by atoms with E-state index in [2.05, 4.69) is 4.98 Å². The quantitative estimate of drug-likeness (QED) is 0.231. The molecule has 2 aromatic heterocycles. The number of carbonyl (C=O) groups excluding carboxylic acids is 1. The molecule has 0 bridgehead atoms. The zero-order chi connectivity index (χ0) is 22.5. The van der Waals surface area contributed by atoms with Gasteiger partial charge in [-0.2, -0.15) is 0 Å². The summed E-state index contributed by atoms with van der Waals surface area (Å²) in [5, 5.41) is 1.31. The van der Waals surface area contributed by atoms with Crippen molar-refractivity contribution in [1.29, 1.82) is 0 Å². The van der Waals surface area contributed by atoms with Gasteiger partial charge in [0.25, 0.3) is 0 Å². The predicted octanol–water partition coefficient (Wildman–Crippen LogP) is 6.62. The summed E-state index contributed by atoms with van der Waals surface area (Å²) < 4.78 is 16.0. The second-order valence-corrected chi connectivity index (χ2v) is 9.84. The summed E-state index contributed by atoms with van der Waals surface area (Å²) in [5.74, 6) is 0.352. The van der Waals surface area contributed by atoms with E-state index in [1.807, 2.05) is 29.8 Å². The number of aryl methyl sites for hydroxylation is 2. The molecule has 0 aliphatic carbocycles. The molecule has 0 aliphatic heterocycles. The fourth-order valence-electron chi connectivity index (χ4n) is 3.29. The largest absolute Gasteiger partial charge is 0.337 e. The lowest BCUT2D eigenvalue weighted by Gasteiger charge is -2.20. The van der Waals surface area contributed by atoms with Crippen molar-refractivity contribution in [1.82, 2.24) is 14.5 Å². The maximum Gasteiger partial charge on any atom is 0.229 e. The molecule has 0 saturated carbocycles. The lowest BCUT2D eigenvalue weighted by atomic mass is 10.2. The lowest BCUT2D eigenvalue weighted by molar-refractivity contribution is -0.118. The molecule has 174 valence electrons. The molecule has 5 nitrogen and oxygen atoms in total. The van der Waals surface area contributed by atoms with Crippen LogP contribution in [0.15, 0.2) is 60.0 Å². The van der Waals surface area contributed by atoms with Gasteiger partial charge in [0.05, 0.1) is 21.6 Å². The number of nitrogens with zero attached hydrogens (tertiary/aromatic N) is 4. The third-order valence-corrected chi connectivity index (χ3v) is 7.53. The van der Waals surface area contributed by atoms with Crippen molar-refractivity contribution < 1.29 is 9.18 Å². The zero-order valence-electron chi connectivity index (χ0n) is 17.9. The highest BCUT2D eigenvalue weighted by atomic mass is 35.5. The normalized spacial score (nSPS) is 10.9. The molecular formula is C23H23Cl2FN4OS2. The van der Waals surface area contributed by atoms with E-state index in [1.54, 1.807) is 29.6 Å². The van der Waals surface area contributed by atoms with Crippen LogP contribution in [0.2, 0.25) is 5.02 Å². The summed E-state index contributed by atoms with van der Waals surface area (Å²) in [6, 6.07) is 10.1. The van der Waals surface area contributed by atoms with E-state index in [-0.39, 0.29) is 24.1 Å². The molecule has 2 aromatic carbocycles. The van der Waals surface area contributed by atoms with Gasteiger partial charge in [-0.15, -0.1) is 24.2 Å². The number of halogens is 3. The van der Waals surface area contributed by atoms with Crippen molar-refractivity contribution in [2.24, 2.45) is 0 Å². The second-order valence-electron chi connectivity index (χ2n) is 7.29. The fraction of sp³-hybridized carbons (Fsp3) is 0.261. The Morgan fingerprint density at radius 3 is 2.73 bits per heavy atom. The molecule has 0 spiro atoms. The van der Waals surface area contributed by atoms with Crippen LogP contribution in [-0.2, 0) is 11.3 Å². The van der Waals surface area contributed by atoms with Crippen LogP contribution in [-0.4, -0.2) is 32.7 Å². The minimum atomic E-state index is -0.265. The van der Waals surface area contributed by atoms with Gasteiger partial charge < -0.3 is 4.57 Å². The number of thioether (sulfide) groups is 1. The molecule has 33 heavy (non-hydrogen) atoms. The van der Waals surface area contributed by atoms with Crippen molar-refractivity contribution in [3.05, 3.63) is 71.5 Å².